The number of hydrogen-bond acceptors (Lipinski definition) is 10. The monoisotopic (exact) mass is 916 g/mol. The van der Waals surface area contributed by atoms with E-state index in [0.717, 1.165) is 70.2 Å². The van der Waals surface area contributed by atoms with E-state index < -0.39 is 31.0 Å². The van der Waals surface area contributed by atoms with Gasteiger partial charge < -0.3 is 28.8 Å². The van der Waals surface area contributed by atoms with Gasteiger partial charge in [-0.1, -0.05) is 80.0 Å². The van der Waals surface area contributed by atoms with Crippen LogP contribution in [0, 0.1) is 23.2 Å². The minimum Gasteiger partial charge on any atom is -0.492 e. The van der Waals surface area contributed by atoms with Crippen LogP contribution in [0.3, 0.4) is 0 Å². The van der Waals surface area contributed by atoms with E-state index in [1.54, 1.807) is 0 Å². The summed E-state index contributed by atoms with van der Waals surface area (Å²) in [6.45, 7) is 6.56. The molecular formula is C45H75F6N3O5S2. The fourth-order valence-corrected chi connectivity index (χ4v) is 12.6. The Labute approximate surface area is 369 Å². The van der Waals surface area contributed by atoms with E-state index in [2.05, 4.69) is 41.8 Å². The average molecular weight is 916 g/mol. The lowest BCUT2D eigenvalue weighted by Gasteiger charge is -2.50. The third kappa shape index (κ3) is 15.3. The molecule has 0 radical (unpaired) electrons. The van der Waals surface area contributed by atoms with Crippen molar-refractivity contribution in [3.05, 3.63) is 29.3 Å². The summed E-state index contributed by atoms with van der Waals surface area (Å²) in [5.74, 6) is 15.5. The first kappa shape index (κ1) is 52.6. The summed E-state index contributed by atoms with van der Waals surface area (Å²) in [4.78, 5) is 11.8. The van der Waals surface area contributed by atoms with Gasteiger partial charge in [0, 0.05) is 30.6 Å². The number of likely N-dealkylation sites (N-methyl/N-ethyl adjacent to an activating group) is 1. The molecule has 4 N–H and O–H groups in total. The summed E-state index contributed by atoms with van der Waals surface area (Å²) in [7, 11) is 6.18. The molecule has 0 amide bonds. The average Bonchev–Trinajstić information content (AvgIpc) is 3.55. The molecule has 2 fully saturated rings. The minimum absolute atomic E-state index is 0.0279. The van der Waals surface area contributed by atoms with Crippen molar-refractivity contribution in [2.75, 3.05) is 64.7 Å². The van der Waals surface area contributed by atoms with Crippen LogP contribution in [0.2, 0.25) is 0 Å². The molecule has 4 rings (SSSR count). The highest BCUT2D eigenvalue weighted by Crippen LogP contribution is 2.61. The molecule has 16 heteroatoms. The molecule has 0 spiro atoms. The van der Waals surface area contributed by atoms with Gasteiger partial charge in [0.05, 0.1) is 25.9 Å². The zero-order chi connectivity index (χ0) is 44.4. The molecule has 2 saturated carbocycles. The second-order valence-electron chi connectivity index (χ2n) is 18.0. The smallest absolute Gasteiger partial charge is 0.426 e. The van der Waals surface area contributed by atoms with Crippen molar-refractivity contribution in [1.82, 2.24) is 4.90 Å². The van der Waals surface area contributed by atoms with Crippen molar-refractivity contribution in [1.29, 1.82) is 0 Å². The molecule has 1 aromatic carbocycles. The van der Waals surface area contributed by atoms with Crippen LogP contribution in [0.25, 0.3) is 0 Å². The Morgan fingerprint density at radius 2 is 1.48 bits per heavy atom. The largest absolute Gasteiger partial charge is 0.492 e. The first-order valence-corrected chi connectivity index (χ1v) is 25.4. The maximum atomic E-state index is 13.6. The van der Waals surface area contributed by atoms with Crippen molar-refractivity contribution in [3.63, 3.8) is 0 Å². The summed E-state index contributed by atoms with van der Waals surface area (Å²) in [6.07, 6.45) is 4.22. The second kappa shape index (κ2) is 26.2. The van der Waals surface area contributed by atoms with Crippen molar-refractivity contribution >= 4 is 21.6 Å². The molecule has 1 aromatic rings. The number of rotatable bonds is 31. The van der Waals surface area contributed by atoms with Crippen LogP contribution in [0.4, 0.5) is 26.3 Å². The summed E-state index contributed by atoms with van der Waals surface area (Å²) < 4.78 is 98.9. The van der Waals surface area contributed by atoms with Crippen LogP contribution in [0.15, 0.2) is 18.2 Å². The molecule has 0 aromatic heterocycles. The predicted molar refractivity (Wildman–Crippen MR) is 234 cm³/mol. The Balaban J connectivity index is 1.06. The highest BCUT2D eigenvalue weighted by atomic mass is 33.1. The number of unbranched alkanes of at least 4 members (excludes halogenated alkanes) is 6. The van der Waals surface area contributed by atoms with E-state index in [4.69, 9.17) is 30.9 Å². The molecule has 8 nitrogen and oxygen atoms in total. The summed E-state index contributed by atoms with van der Waals surface area (Å²) in [6, 6.07) is 6.63. The number of nitrogens with zero attached hydrogens (tertiary/aromatic N) is 1. The van der Waals surface area contributed by atoms with Gasteiger partial charge in [0.25, 0.3) is 5.60 Å². The molecule has 5 unspecified atom stereocenters. The van der Waals surface area contributed by atoms with Crippen LogP contribution in [-0.2, 0) is 25.6 Å². The van der Waals surface area contributed by atoms with Gasteiger partial charge in [0.1, 0.15) is 12.4 Å². The fourth-order valence-electron chi connectivity index (χ4n) is 10.3. The molecule has 3 aliphatic rings. The molecule has 0 heterocycles. The Hall–Kier alpha value is -0.980. The lowest BCUT2D eigenvalue weighted by atomic mass is 9.55. The van der Waals surface area contributed by atoms with Gasteiger partial charge in [0.2, 0.25) is 0 Å². The predicted octanol–water partition coefficient (Wildman–Crippen LogP) is 11.6. The van der Waals surface area contributed by atoms with E-state index in [0.29, 0.717) is 37.6 Å². The Morgan fingerprint density at radius 3 is 2.13 bits per heavy atom. The topological polar surface area (TPSA) is 101 Å². The maximum Gasteiger partial charge on any atom is 0.426 e. The molecule has 61 heavy (non-hydrogen) atoms. The number of aryl methyl sites for hydroxylation is 1. The number of alkyl halides is 6. The quantitative estimate of drug-likeness (QED) is 0.0324. The third-order valence-corrected chi connectivity index (χ3v) is 16.3. The first-order valence-electron chi connectivity index (χ1n) is 22.9. The van der Waals surface area contributed by atoms with Crippen LogP contribution in [0.1, 0.15) is 140 Å². The van der Waals surface area contributed by atoms with Crippen molar-refractivity contribution in [2.45, 2.75) is 159 Å². The van der Waals surface area contributed by atoms with Gasteiger partial charge in [-0.25, -0.2) is 11.8 Å². The Kier molecular flexibility index (Phi) is 22.6. The minimum atomic E-state index is -5.55. The number of fused-ring (bicyclic) bond motifs is 5. The van der Waals surface area contributed by atoms with Gasteiger partial charge in [-0.05, 0) is 137 Å². The second-order valence-corrected chi connectivity index (χ2v) is 20.7. The molecule has 0 saturated heterocycles. The SMILES string of the molecule is CCCC(OCCCOC1CCC2C3CCc4cc(OCCN(C)CCCCCCSSCCCCCCC(CON)CON)ccc4C3CCC12C)(C(F)(F)F)C(F)(F)F. The zero-order valence-electron chi connectivity index (χ0n) is 36.9. The number of ether oxygens (including phenoxy) is 3. The van der Waals surface area contributed by atoms with E-state index in [-0.39, 0.29) is 36.9 Å². The van der Waals surface area contributed by atoms with Gasteiger partial charge in [-0.15, -0.1) is 0 Å². The van der Waals surface area contributed by atoms with Crippen LogP contribution >= 0.6 is 21.6 Å². The number of nitrogens with two attached hydrogens (primary N) is 2. The third-order valence-electron chi connectivity index (χ3n) is 13.7. The Morgan fingerprint density at radius 1 is 0.803 bits per heavy atom. The van der Waals surface area contributed by atoms with Gasteiger partial charge in [-0.2, -0.15) is 26.3 Å². The molecule has 0 aliphatic heterocycles. The van der Waals surface area contributed by atoms with Gasteiger partial charge in [-0.3, -0.25) is 0 Å². The van der Waals surface area contributed by atoms with E-state index >= 15 is 0 Å². The normalized spacial score (nSPS) is 23.1. The van der Waals surface area contributed by atoms with Crippen LogP contribution in [-0.4, -0.2) is 93.6 Å². The molecule has 354 valence electrons. The zero-order valence-corrected chi connectivity index (χ0v) is 38.6. The number of hydrogen-bond donors (Lipinski definition) is 2. The van der Waals surface area contributed by atoms with Gasteiger partial charge >= 0.3 is 12.4 Å². The molecule has 0 bridgehead atoms. The van der Waals surface area contributed by atoms with Gasteiger partial charge in [0.15, 0.2) is 0 Å². The van der Waals surface area contributed by atoms with Crippen molar-refractivity contribution < 1.29 is 50.2 Å². The standard InChI is InChI=1S/C45H75F6N3O5S2/c1-4-22-43(44(46,47)48,45(49,50)51)57-27-13-26-56-41-20-19-40-39-17-15-35-31-36(16-18-37(35)38(39)21-23-42(40,41)2)55-28-25-54(3)24-10-6-8-12-30-61-60-29-11-7-5-9-14-34(32-58-52)33-59-53/h16,18,31,34,38-41H,4-15,17,19-30,32-33,52-53H2,1-3H3. The summed E-state index contributed by atoms with van der Waals surface area (Å²) >= 11 is 0. The lowest BCUT2D eigenvalue weighted by Crippen LogP contribution is -2.58. The number of halogens is 6. The van der Waals surface area contributed by atoms with E-state index in [1.165, 1.54) is 74.5 Å². The fraction of sp³-hybridized carbons (Fsp3) is 0.867. The van der Waals surface area contributed by atoms with Crippen molar-refractivity contribution in [3.8, 4) is 5.75 Å². The summed E-state index contributed by atoms with van der Waals surface area (Å²) in [5, 5.41) is 0. The molecular weight excluding hydrogens is 841 g/mol. The first-order chi connectivity index (χ1) is 29.2. The molecule has 3 aliphatic carbocycles. The van der Waals surface area contributed by atoms with E-state index in [9.17, 15) is 26.3 Å². The van der Waals surface area contributed by atoms with Crippen molar-refractivity contribution in [2.24, 2.45) is 35.0 Å². The maximum absolute atomic E-state index is 13.6. The number of benzene rings is 1. The highest BCUT2D eigenvalue weighted by molar-refractivity contribution is 8.76. The van der Waals surface area contributed by atoms with E-state index in [1.807, 2.05) is 21.6 Å². The molecule has 5 atom stereocenters. The highest BCUT2D eigenvalue weighted by Gasteiger charge is 2.71. The summed E-state index contributed by atoms with van der Waals surface area (Å²) in [5.41, 5.74) is -1.40. The van der Waals surface area contributed by atoms with Crippen LogP contribution in [0.5, 0.6) is 5.75 Å². The van der Waals surface area contributed by atoms with Crippen LogP contribution < -0.4 is 16.5 Å². The Bertz CT molecular complexity index is 1360. The lowest BCUT2D eigenvalue weighted by molar-refractivity contribution is -0.383.